The lowest BCUT2D eigenvalue weighted by molar-refractivity contribution is 0.0632. The highest BCUT2D eigenvalue weighted by molar-refractivity contribution is 7.06. The van der Waals surface area contributed by atoms with Gasteiger partial charge in [-0.1, -0.05) is 20.8 Å². The smallest absolute Gasteiger partial charge is 0.288 e. The maximum absolute atomic E-state index is 6.01. The standard InChI is InChI=1S/C12H26B2O2/c1-9(2)11(4,5)15-13-14-8-10(3)12(6,7)16-14/h9-10,13H,8H2,1-7H3. The van der Waals surface area contributed by atoms with Crippen molar-refractivity contribution in [2.45, 2.75) is 66.0 Å². The largest absolute Gasteiger partial charge is 0.440 e. The van der Waals surface area contributed by atoms with Gasteiger partial charge in [-0.2, -0.15) is 0 Å². The van der Waals surface area contributed by atoms with E-state index in [0.29, 0.717) is 11.8 Å². The summed E-state index contributed by atoms with van der Waals surface area (Å²) in [5, 5.41) is 0. The molecule has 1 aliphatic heterocycles. The van der Waals surface area contributed by atoms with Gasteiger partial charge in [0.1, 0.15) is 0 Å². The Morgan fingerprint density at radius 3 is 2.38 bits per heavy atom. The Morgan fingerprint density at radius 1 is 1.44 bits per heavy atom. The fraction of sp³-hybridized carbons (Fsp3) is 1.00. The molecule has 1 unspecified atom stereocenters. The van der Waals surface area contributed by atoms with Crippen LogP contribution in [0.15, 0.2) is 0 Å². The number of hydrogen-bond donors (Lipinski definition) is 0. The lowest BCUT2D eigenvalue weighted by Gasteiger charge is -2.31. The second-order valence-electron chi connectivity index (χ2n) is 6.55. The molecule has 0 aromatic rings. The van der Waals surface area contributed by atoms with Gasteiger partial charge in [0.05, 0.1) is 0 Å². The molecule has 0 aliphatic carbocycles. The number of hydrogen-bond acceptors (Lipinski definition) is 2. The molecule has 16 heavy (non-hydrogen) atoms. The summed E-state index contributed by atoms with van der Waals surface area (Å²) in [6.07, 6.45) is 1.11. The van der Waals surface area contributed by atoms with Gasteiger partial charge in [-0.15, -0.1) is 0 Å². The average Bonchev–Trinajstić information content (AvgIpc) is 2.38. The summed E-state index contributed by atoms with van der Waals surface area (Å²) in [5.41, 5.74) is -0.0463. The molecule has 92 valence electrons. The molecule has 1 rings (SSSR count). The first kappa shape index (κ1) is 14.1. The zero-order chi connectivity index (χ0) is 12.6. The van der Waals surface area contributed by atoms with Gasteiger partial charge < -0.3 is 9.31 Å². The number of rotatable bonds is 4. The van der Waals surface area contributed by atoms with Crippen LogP contribution in [0.2, 0.25) is 6.32 Å². The molecule has 0 aromatic carbocycles. The first-order chi connectivity index (χ1) is 7.15. The molecule has 1 aliphatic rings. The van der Waals surface area contributed by atoms with E-state index in [2.05, 4.69) is 48.5 Å². The van der Waals surface area contributed by atoms with Crippen LogP contribution in [0.4, 0.5) is 0 Å². The summed E-state index contributed by atoms with van der Waals surface area (Å²) in [5.74, 6) is 1.14. The van der Waals surface area contributed by atoms with Crippen molar-refractivity contribution >= 4 is 14.2 Å². The third-order valence-corrected chi connectivity index (χ3v) is 4.31. The van der Waals surface area contributed by atoms with Crippen LogP contribution in [0.5, 0.6) is 0 Å². The van der Waals surface area contributed by atoms with Gasteiger partial charge in [-0.25, -0.2) is 0 Å². The SMILES string of the molecule is CC(C)C(C)(C)OBB1CC(C)C(C)(C)O1. The molecule has 0 saturated carbocycles. The van der Waals surface area contributed by atoms with Crippen molar-refractivity contribution in [1.29, 1.82) is 0 Å². The van der Waals surface area contributed by atoms with Gasteiger partial charge in [0.25, 0.3) is 14.2 Å². The fourth-order valence-corrected chi connectivity index (χ4v) is 1.85. The van der Waals surface area contributed by atoms with Gasteiger partial charge >= 0.3 is 0 Å². The van der Waals surface area contributed by atoms with E-state index in [9.17, 15) is 0 Å². The molecule has 0 amide bonds. The van der Waals surface area contributed by atoms with E-state index < -0.39 is 0 Å². The second-order valence-corrected chi connectivity index (χ2v) is 6.55. The quantitative estimate of drug-likeness (QED) is 0.683. The van der Waals surface area contributed by atoms with E-state index in [1.165, 1.54) is 0 Å². The van der Waals surface area contributed by atoms with Gasteiger partial charge in [0.2, 0.25) is 0 Å². The summed E-state index contributed by atoms with van der Waals surface area (Å²) in [6, 6.07) is 0. The molecule has 1 heterocycles. The molecule has 0 bridgehead atoms. The molecule has 0 spiro atoms. The van der Waals surface area contributed by atoms with Crippen molar-refractivity contribution in [1.82, 2.24) is 0 Å². The predicted octanol–water partition coefficient (Wildman–Crippen LogP) is 2.72. The van der Waals surface area contributed by atoms with Crippen LogP contribution in [0, 0.1) is 11.8 Å². The molecular formula is C12H26B2O2. The van der Waals surface area contributed by atoms with Crippen LogP contribution in [-0.2, 0) is 9.31 Å². The van der Waals surface area contributed by atoms with Crippen molar-refractivity contribution < 1.29 is 9.31 Å². The highest BCUT2D eigenvalue weighted by atomic mass is 16.5. The van der Waals surface area contributed by atoms with Crippen LogP contribution in [0.1, 0.15) is 48.5 Å². The Kier molecular flexibility index (Phi) is 4.18. The molecule has 4 heteroatoms. The molecule has 0 radical (unpaired) electrons. The molecule has 1 saturated heterocycles. The average molecular weight is 224 g/mol. The minimum absolute atomic E-state index is 0.00992. The third kappa shape index (κ3) is 3.27. The van der Waals surface area contributed by atoms with Gasteiger partial charge in [-0.3, -0.25) is 0 Å². The molecular weight excluding hydrogens is 198 g/mol. The highest BCUT2D eigenvalue weighted by Gasteiger charge is 2.42. The normalized spacial score (nSPS) is 25.2. The lowest BCUT2D eigenvalue weighted by Crippen LogP contribution is -2.38. The van der Waals surface area contributed by atoms with Crippen molar-refractivity contribution in [2.24, 2.45) is 11.8 Å². The van der Waals surface area contributed by atoms with E-state index in [1.807, 2.05) is 0 Å². The Bertz CT molecular complexity index is 239. The van der Waals surface area contributed by atoms with E-state index in [-0.39, 0.29) is 18.0 Å². The Labute approximate surface area is 102 Å². The maximum Gasteiger partial charge on any atom is 0.288 e. The van der Waals surface area contributed by atoms with Crippen LogP contribution in [-0.4, -0.2) is 25.4 Å². The van der Waals surface area contributed by atoms with Crippen LogP contribution in [0.3, 0.4) is 0 Å². The van der Waals surface area contributed by atoms with E-state index in [4.69, 9.17) is 9.31 Å². The highest BCUT2D eigenvalue weighted by Crippen LogP contribution is 2.34. The zero-order valence-corrected chi connectivity index (χ0v) is 12.0. The summed E-state index contributed by atoms with van der Waals surface area (Å²) >= 11 is 0. The van der Waals surface area contributed by atoms with E-state index in [0.717, 1.165) is 13.7 Å². The van der Waals surface area contributed by atoms with Gasteiger partial charge in [0.15, 0.2) is 0 Å². The minimum atomic E-state index is -0.0562. The summed E-state index contributed by atoms with van der Waals surface area (Å²) in [7, 11) is 0.721. The monoisotopic (exact) mass is 224 g/mol. The summed E-state index contributed by atoms with van der Waals surface area (Å²) < 4.78 is 12.0. The third-order valence-electron chi connectivity index (χ3n) is 4.31. The first-order valence-corrected chi connectivity index (χ1v) is 6.47. The topological polar surface area (TPSA) is 18.5 Å². The van der Waals surface area contributed by atoms with E-state index >= 15 is 0 Å². The lowest BCUT2D eigenvalue weighted by atomic mass is 9.40. The minimum Gasteiger partial charge on any atom is -0.440 e. The Hall–Kier alpha value is 0.0499. The molecule has 0 aromatic heterocycles. The van der Waals surface area contributed by atoms with Crippen molar-refractivity contribution in [2.75, 3.05) is 0 Å². The molecule has 1 atom stereocenters. The second kappa shape index (κ2) is 4.73. The first-order valence-electron chi connectivity index (χ1n) is 6.47. The van der Waals surface area contributed by atoms with Crippen molar-refractivity contribution in [3.63, 3.8) is 0 Å². The molecule has 1 fully saturated rings. The van der Waals surface area contributed by atoms with Crippen LogP contribution in [0.25, 0.3) is 0 Å². The van der Waals surface area contributed by atoms with Crippen LogP contribution < -0.4 is 0 Å². The predicted molar refractivity (Wildman–Crippen MR) is 72.0 cm³/mol. The molecule has 2 nitrogen and oxygen atoms in total. The maximum atomic E-state index is 6.01. The van der Waals surface area contributed by atoms with Crippen molar-refractivity contribution in [3.05, 3.63) is 0 Å². The summed E-state index contributed by atoms with van der Waals surface area (Å²) in [4.78, 5) is 0. The van der Waals surface area contributed by atoms with Gasteiger partial charge in [0, 0.05) is 11.2 Å². The summed E-state index contributed by atoms with van der Waals surface area (Å²) in [6.45, 7) is 15.6. The van der Waals surface area contributed by atoms with E-state index in [1.54, 1.807) is 0 Å². The van der Waals surface area contributed by atoms with Gasteiger partial charge in [-0.05, 0) is 45.9 Å². The Balaban J connectivity index is 2.41. The Morgan fingerprint density at radius 2 is 2.00 bits per heavy atom. The van der Waals surface area contributed by atoms with Crippen LogP contribution >= 0.6 is 0 Å². The van der Waals surface area contributed by atoms with Crippen molar-refractivity contribution in [3.8, 4) is 0 Å². The molecule has 0 N–H and O–H groups in total. The zero-order valence-electron chi connectivity index (χ0n) is 12.0. The fourth-order valence-electron chi connectivity index (χ4n) is 1.85.